The average molecular weight is 459 g/mol. The molecule has 7 nitrogen and oxygen atoms in total. The van der Waals surface area contributed by atoms with Crippen molar-refractivity contribution in [2.75, 3.05) is 33.9 Å². The van der Waals surface area contributed by atoms with E-state index < -0.39 is 10.0 Å². The van der Waals surface area contributed by atoms with Crippen LogP contribution in [0.15, 0.2) is 41.3 Å². The maximum Gasteiger partial charge on any atom is 0.254 e. The Morgan fingerprint density at radius 2 is 1.53 bits per heavy atom. The summed E-state index contributed by atoms with van der Waals surface area (Å²) in [7, 11) is -0.321. The van der Waals surface area contributed by atoms with E-state index in [1.54, 1.807) is 47.7 Å². The van der Waals surface area contributed by atoms with Crippen LogP contribution in [0.25, 0.3) is 0 Å². The fourth-order valence-electron chi connectivity index (χ4n) is 4.38. The van der Waals surface area contributed by atoms with Crippen molar-refractivity contribution in [2.24, 2.45) is 5.92 Å². The summed E-state index contributed by atoms with van der Waals surface area (Å²) in [4.78, 5) is 15.1. The Morgan fingerprint density at radius 3 is 2.12 bits per heavy atom. The highest BCUT2D eigenvalue weighted by molar-refractivity contribution is 7.89. The van der Waals surface area contributed by atoms with E-state index in [0.717, 1.165) is 30.4 Å². The lowest BCUT2D eigenvalue weighted by Crippen LogP contribution is -2.38. The second-order valence-electron chi connectivity index (χ2n) is 8.56. The third-order valence-electron chi connectivity index (χ3n) is 6.49. The van der Waals surface area contributed by atoms with E-state index in [1.165, 1.54) is 0 Å². The van der Waals surface area contributed by atoms with Crippen molar-refractivity contribution >= 4 is 15.9 Å². The van der Waals surface area contributed by atoms with Gasteiger partial charge in [-0.2, -0.15) is 4.31 Å². The van der Waals surface area contributed by atoms with Gasteiger partial charge in [0.05, 0.1) is 19.1 Å². The Hall–Kier alpha value is -2.58. The molecule has 172 valence electrons. The number of benzene rings is 2. The number of sulfonamides is 1. The number of carbonyl (C=O) groups is 1. The largest absolute Gasteiger partial charge is 0.493 e. The molecule has 0 radical (unpaired) electrons. The van der Waals surface area contributed by atoms with Gasteiger partial charge in [0.25, 0.3) is 5.91 Å². The van der Waals surface area contributed by atoms with E-state index in [4.69, 9.17) is 9.47 Å². The quantitative estimate of drug-likeness (QED) is 0.687. The maximum absolute atomic E-state index is 13.1. The molecular formula is C24H30N2O5S. The number of hydrogen-bond acceptors (Lipinski definition) is 5. The first-order valence-electron chi connectivity index (χ1n) is 11.0. The molecular weight excluding hydrogens is 428 g/mol. The van der Waals surface area contributed by atoms with Gasteiger partial charge >= 0.3 is 0 Å². The van der Waals surface area contributed by atoms with Crippen LogP contribution in [0.3, 0.4) is 0 Å². The predicted molar refractivity (Wildman–Crippen MR) is 122 cm³/mol. The van der Waals surface area contributed by atoms with Crippen molar-refractivity contribution in [3.8, 4) is 11.5 Å². The van der Waals surface area contributed by atoms with Gasteiger partial charge in [-0.1, -0.05) is 6.92 Å². The Balaban J connectivity index is 1.49. The molecule has 0 spiro atoms. The van der Waals surface area contributed by atoms with Gasteiger partial charge in [-0.15, -0.1) is 0 Å². The summed E-state index contributed by atoms with van der Waals surface area (Å²) in [6.07, 6.45) is 2.48. The van der Waals surface area contributed by atoms with Crippen LogP contribution in [0.5, 0.6) is 11.5 Å². The van der Waals surface area contributed by atoms with Crippen LogP contribution >= 0.6 is 0 Å². The van der Waals surface area contributed by atoms with Gasteiger partial charge in [-0.25, -0.2) is 8.42 Å². The first-order chi connectivity index (χ1) is 15.3. The van der Waals surface area contributed by atoms with E-state index in [0.29, 0.717) is 49.2 Å². The zero-order valence-corrected chi connectivity index (χ0v) is 19.7. The molecule has 32 heavy (non-hydrogen) atoms. The fourth-order valence-corrected chi connectivity index (χ4v) is 5.85. The summed E-state index contributed by atoms with van der Waals surface area (Å²) < 4.78 is 38.2. The summed E-state index contributed by atoms with van der Waals surface area (Å²) in [6, 6.07) is 10.2. The summed E-state index contributed by atoms with van der Waals surface area (Å²) in [5.74, 6) is 1.77. The van der Waals surface area contributed by atoms with Crippen LogP contribution < -0.4 is 9.47 Å². The Kier molecular flexibility index (Phi) is 6.44. The minimum absolute atomic E-state index is 0.110. The number of ether oxygens (including phenoxy) is 2. The van der Waals surface area contributed by atoms with Gasteiger partial charge in [-0.3, -0.25) is 4.79 Å². The number of methoxy groups -OCH3 is 2. The van der Waals surface area contributed by atoms with Crippen LogP contribution in [0.4, 0.5) is 0 Å². The molecule has 0 aromatic heterocycles. The Morgan fingerprint density at radius 1 is 0.938 bits per heavy atom. The van der Waals surface area contributed by atoms with E-state index >= 15 is 0 Å². The monoisotopic (exact) mass is 458 g/mol. The van der Waals surface area contributed by atoms with Crippen LogP contribution in [0.1, 0.15) is 41.3 Å². The first-order valence-corrected chi connectivity index (χ1v) is 12.4. The van der Waals surface area contributed by atoms with Crippen molar-refractivity contribution in [1.82, 2.24) is 9.21 Å². The summed E-state index contributed by atoms with van der Waals surface area (Å²) in [5.41, 5.74) is 2.66. The molecule has 2 aliphatic heterocycles. The number of nitrogens with zero attached hydrogens (tertiary/aromatic N) is 2. The zero-order chi connectivity index (χ0) is 22.9. The summed E-state index contributed by atoms with van der Waals surface area (Å²) in [6.45, 7) is 4.31. The van der Waals surface area contributed by atoms with Crippen LogP contribution in [0.2, 0.25) is 0 Å². The summed E-state index contributed by atoms with van der Waals surface area (Å²) >= 11 is 0. The highest BCUT2D eigenvalue weighted by atomic mass is 32.2. The highest BCUT2D eigenvalue weighted by Crippen LogP contribution is 2.33. The summed E-state index contributed by atoms with van der Waals surface area (Å²) in [5, 5.41) is 0. The molecule has 2 aromatic carbocycles. The van der Waals surface area contributed by atoms with Crippen molar-refractivity contribution in [3.63, 3.8) is 0 Å². The molecule has 2 aromatic rings. The SMILES string of the molecule is COc1cc2c(cc1OC)CN(C(=O)c1ccc(S(=O)(=O)N3CCC(C)CC3)cc1)CC2. The smallest absolute Gasteiger partial charge is 0.254 e. The van der Waals surface area contributed by atoms with Crippen LogP contribution in [-0.4, -0.2) is 57.4 Å². The van der Waals surface area contributed by atoms with Gasteiger partial charge in [0.1, 0.15) is 0 Å². The molecule has 2 heterocycles. The average Bonchev–Trinajstić information content (AvgIpc) is 2.82. The standard InChI is InChI=1S/C24H30N2O5S/c1-17-8-12-26(13-9-17)32(28,29)21-6-4-18(5-7-21)24(27)25-11-10-19-14-22(30-2)23(31-3)15-20(19)16-25/h4-7,14-15,17H,8-13,16H2,1-3H3. The van der Waals surface area contributed by atoms with Crippen molar-refractivity contribution < 1.29 is 22.7 Å². The van der Waals surface area contributed by atoms with Crippen LogP contribution in [0, 0.1) is 5.92 Å². The Labute approximate surface area is 190 Å². The third kappa shape index (κ3) is 4.34. The predicted octanol–water partition coefficient (Wildman–Crippen LogP) is 3.32. The van der Waals surface area contributed by atoms with E-state index in [2.05, 4.69) is 6.92 Å². The number of piperidine rings is 1. The molecule has 0 aliphatic carbocycles. The van der Waals surface area contributed by atoms with E-state index in [1.807, 2.05) is 12.1 Å². The number of hydrogen-bond donors (Lipinski definition) is 0. The molecule has 1 saturated heterocycles. The minimum Gasteiger partial charge on any atom is -0.493 e. The molecule has 1 fully saturated rings. The molecule has 0 saturated carbocycles. The van der Waals surface area contributed by atoms with E-state index in [9.17, 15) is 13.2 Å². The molecule has 2 aliphatic rings. The zero-order valence-electron chi connectivity index (χ0n) is 18.8. The van der Waals surface area contributed by atoms with Crippen LogP contribution in [-0.2, 0) is 23.0 Å². The maximum atomic E-state index is 13.1. The number of amides is 1. The number of fused-ring (bicyclic) bond motifs is 1. The van der Waals surface area contributed by atoms with Gasteiger partial charge < -0.3 is 14.4 Å². The van der Waals surface area contributed by atoms with Crippen molar-refractivity contribution in [1.29, 1.82) is 0 Å². The first kappa shape index (κ1) is 22.6. The van der Waals surface area contributed by atoms with E-state index in [-0.39, 0.29) is 10.8 Å². The topological polar surface area (TPSA) is 76.1 Å². The fraction of sp³-hybridized carbons (Fsp3) is 0.458. The lowest BCUT2D eigenvalue weighted by atomic mass is 9.98. The molecule has 0 unspecified atom stereocenters. The lowest BCUT2D eigenvalue weighted by molar-refractivity contribution is 0.0734. The second-order valence-corrected chi connectivity index (χ2v) is 10.5. The Bertz CT molecular complexity index is 1090. The number of rotatable bonds is 5. The second kappa shape index (κ2) is 9.11. The molecule has 0 N–H and O–H groups in total. The number of carbonyl (C=O) groups excluding carboxylic acids is 1. The van der Waals surface area contributed by atoms with Gasteiger partial charge in [-0.05, 0) is 72.7 Å². The van der Waals surface area contributed by atoms with Gasteiger partial charge in [0.15, 0.2) is 11.5 Å². The normalized spacial score (nSPS) is 17.7. The van der Waals surface area contributed by atoms with Gasteiger partial charge in [0, 0.05) is 31.7 Å². The molecule has 1 amide bonds. The van der Waals surface area contributed by atoms with Crippen molar-refractivity contribution in [3.05, 3.63) is 53.1 Å². The minimum atomic E-state index is -3.52. The third-order valence-corrected chi connectivity index (χ3v) is 8.40. The lowest BCUT2D eigenvalue weighted by Gasteiger charge is -2.30. The molecule has 0 bridgehead atoms. The molecule has 4 rings (SSSR count). The molecule has 0 atom stereocenters. The van der Waals surface area contributed by atoms with Gasteiger partial charge in [0.2, 0.25) is 10.0 Å². The highest BCUT2D eigenvalue weighted by Gasteiger charge is 2.29. The molecule has 8 heteroatoms. The van der Waals surface area contributed by atoms with Crippen molar-refractivity contribution in [2.45, 2.75) is 37.6 Å².